The zero-order valence-electron chi connectivity index (χ0n) is 10.8. The third-order valence-electron chi connectivity index (χ3n) is 2.38. The summed E-state index contributed by atoms with van der Waals surface area (Å²) in [5, 5.41) is 6.94. The number of ether oxygens (including phenoxy) is 1. The molecular formula is C13H19BrN2OS. The van der Waals surface area contributed by atoms with E-state index < -0.39 is 0 Å². The maximum absolute atomic E-state index is 5.25. The Labute approximate surface area is 122 Å². The molecule has 0 saturated carbocycles. The molecule has 0 atom stereocenters. The summed E-state index contributed by atoms with van der Waals surface area (Å²) in [6.07, 6.45) is 0.952. The van der Waals surface area contributed by atoms with Crippen LogP contribution in [0.4, 0.5) is 5.69 Å². The lowest BCUT2D eigenvalue weighted by Crippen LogP contribution is -2.29. The van der Waals surface area contributed by atoms with Gasteiger partial charge in [0.2, 0.25) is 0 Å². The molecule has 0 fully saturated rings. The average Bonchev–Trinajstić information content (AvgIpc) is 2.34. The standard InChI is InChI=1S/C13H19BrN2OS/c1-3-17-8-4-7-15-13(18)16-11-6-5-10(2)12(14)9-11/h5-6,9H,3-4,7-8H2,1-2H3,(H2,15,16,18). The molecule has 3 nitrogen and oxygen atoms in total. The van der Waals surface area contributed by atoms with E-state index in [4.69, 9.17) is 17.0 Å². The molecule has 18 heavy (non-hydrogen) atoms. The van der Waals surface area contributed by atoms with E-state index in [1.807, 2.05) is 25.1 Å². The Balaban J connectivity index is 2.29. The SMILES string of the molecule is CCOCCCNC(=S)Nc1ccc(C)c(Br)c1. The Kier molecular flexibility index (Phi) is 7.23. The fraction of sp³-hybridized carbons (Fsp3) is 0.462. The predicted molar refractivity (Wildman–Crippen MR) is 84.2 cm³/mol. The topological polar surface area (TPSA) is 33.3 Å². The minimum Gasteiger partial charge on any atom is -0.382 e. The highest BCUT2D eigenvalue weighted by atomic mass is 79.9. The molecule has 0 heterocycles. The minimum atomic E-state index is 0.641. The van der Waals surface area contributed by atoms with Crippen LogP contribution < -0.4 is 10.6 Å². The zero-order chi connectivity index (χ0) is 13.4. The van der Waals surface area contributed by atoms with Crippen LogP contribution in [0.15, 0.2) is 22.7 Å². The number of hydrogen-bond donors (Lipinski definition) is 2. The Morgan fingerprint density at radius 2 is 2.22 bits per heavy atom. The van der Waals surface area contributed by atoms with Crippen molar-refractivity contribution in [2.24, 2.45) is 0 Å². The molecule has 0 aliphatic heterocycles. The van der Waals surface area contributed by atoms with Crippen molar-refractivity contribution in [1.82, 2.24) is 5.32 Å². The highest BCUT2D eigenvalue weighted by Gasteiger charge is 1.99. The predicted octanol–water partition coefficient (Wildman–Crippen LogP) is 3.47. The normalized spacial score (nSPS) is 10.2. The summed E-state index contributed by atoms with van der Waals surface area (Å²) >= 11 is 8.71. The second-order valence-corrected chi connectivity index (χ2v) is 5.16. The molecule has 0 unspecified atom stereocenters. The van der Waals surface area contributed by atoms with Gasteiger partial charge in [0.25, 0.3) is 0 Å². The highest BCUT2D eigenvalue weighted by molar-refractivity contribution is 9.10. The van der Waals surface area contributed by atoms with Gasteiger partial charge in [-0.05, 0) is 50.2 Å². The van der Waals surface area contributed by atoms with Gasteiger partial charge in [-0.2, -0.15) is 0 Å². The molecule has 0 aromatic heterocycles. The maximum Gasteiger partial charge on any atom is 0.170 e. The summed E-state index contributed by atoms with van der Waals surface area (Å²) in [7, 11) is 0. The largest absolute Gasteiger partial charge is 0.382 e. The fourth-order valence-electron chi connectivity index (χ4n) is 1.37. The minimum absolute atomic E-state index is 0.641. The molecule has 0 spiro atoms. The number of nitrogens with one attached hydrogen (secondary N) is 2. The van der Waals surface area contributed by atoms with Crippen LogP contribution >= 0.6 is 28.1 Å². The third kappa shape index (κ3) is 5.80. The van der Waals surface area contributed by atoms with Crippen molar-refractivity contribution in [2.45, 2.75) is 20.3 Å². The van der Waals surface area contributed by atoms with Gasteiger partial charge in [-0.15, -0.1) is 0 Å². The lowest BCUT2D eigenvalue weighted by molar-refractivity contribution is 0.146. The van der Waals surface area contributed by atoms with Crippen molar-refractivity contribution >= 4 is 38.9 Å². The summed E-state index contributed by atoms with van der Waals surface area (Å²) in [5.41, 5.74) is 2.19. The molecule has 1 aromatic carbocycles. The van der Waals surface area contributed by atoms with Crippen LogP contribution in [0.3, 0.4) is 0 Å². The van der Waals surface area contributed by atoms with Gasteiger partial charge in [0.05, 0.1) is 0 Å². The molecule has 0 amide bonds. The van der Waals surface area contributed by atoms with Crippen molar-refractivity contribution in [2.75, 3.05) is 25.1 Å². The van der Waals surface area contributed by atoms with Crippen LogP contribution in [0.2, 0.25) is 0 Å². The van der Waals surface area contributed by atoms with E-state index in [9.17, 15) is 0 Å². The van der Waals surface area contributed by atoms with E-state index in [2.05, 4.69) is 33.5 Å². The van der Waals surface area contributed by atoms with Crippen molar-refractivity contribution < 1.29 is 4.74 Å². The summed E-state index contributed by atoms with van der Waals surface area (Å²) in [5.74, 6) is 0. The molecule has 0 radical (unpaired) electrons. The first-order chi connectivity index (χ1) is 8.63. The summed E-state index contributed by atoms with van der Waals surface area (Å²) in [6, 6.07) is 6.07. The number of aryl methyl sites for hydroxylation is 1. The van der Waals surface area contributed by atoms with Crippen molar-refractivity contribution in [3.63, 3.8) is 0 Å². The maximum atomic E-state index is 5.25. The molecule has 5 heteroatoms. The molecule has 0 bridgehead atoms. The van der Waals surface area contributed by atoms with E-state index >= 15 is 0 Å². The third-order valence-corrected chi connectivity index (χ3v) is 3.49. The van der Waals surface area contributed by atoms with Crippen molar-refractivity contribution in [3.8, 4) is 0 Å². The van der Waals surface area contributed by atoms with Gasteiger partial charge >= 0.3 is 0 Å². The second kappa shape index (κ2) is 8.45. The van der Waals surface area contributed by atoms with Crippen molar-refractivity contribution in [3.05, 3.63) is 28.2 Å². The van der Waals surface area contributed by atoms with Gasteiger partial charge in [0, 0.05) is 29.9 Å². The van der Waals surface area contributed by atoms with Gasteiger partial charge in [0.15, 0.2) is 5.11 Å². The first kappa shape index (κ1) is 15.4. The average molecular weight is 331 g/mol. The summed E-state index contributed by atoms with van der Waals surface area (Å²) in [4.78, 5) is 0. The van der Waals surface area contributed by atoms with E-state index in [1.54, 1.807) is 0 Å². The molecule has 1 aromatic rings. The van der Waals surface area contributed by atoms with Crippen LogP contribution in [0, 0.1) is 6.92 Å². The molecule has 100 valence electrons. The first-order valence-electron chi connectivity index (χ1n) is 6.02. The Morgan fingerprint density at radius 3 is 2.89 bits per heavy atom. The van der Waals surface area contributed by atoms with Gasteiger partial charge < -0.3 is 15.4 Å². The number of anilines is 1. The molecule has 1 rings (SSSR count). The lowest BCUT2D eigenvalue weighted by atomic mass is 10.2. The second-order valence-electron chi connectivity index (χ2n) is 3.90. The van der Waals surface area contributed by atoms with Gasteiger partial charge in [-0.3, -0.25) is 0 Å². The number of rotatable bonds is 6. The van der Waals surface area contributed by atoms with Crippen LogP contribution in [-0.2, 0) is 4.74 Å². The summed E-state index contributed by atoms with van der Waals surface area (Å²) < 4.78 is 6.33. The molecule has 0 aliphatic carbocycles. The Hall–Kier alpha value is -0.650. The van der Waals surface area contributed by atoms with Crippen molar-refractivity contribution in [1.29, 1.82) is 0 Å². The molecule has 0 saturated heterocycles. The van der Waals surface area contributed by atoms with Crippen LogP contribution in [0.5, 0.6) is 0 Å². The molecule has 0 aliphatic rings. The Bertz CT molecular complexity index is 399. The number of benzene rings is 1. The van der Waals surface area contributed by atoms with E-state index in [0.717, 1.165) is 36.3 Å². The number of hydrogen-bond acceptors (Lipinski definition) is 2. The smallest absolute Gasteiger partial charge is 0.170 e. The van der Waals surface area contributed by atoms with E-state index in [1.165, 1.54) is 5.56 Å². The fourth-order valence-corrected chi connectivity index (χ4v) is 1.97. The monoisotopic (exact) mass is 330 g/mol. The Morgan fingerprint density at radius 1 is 1.44 bits per heavy atom. The quantitative estimate of drug-likeness (QED) is 0.618. The van der Waals surface area contributed by atoms with Crippen LogP contribution in [0.25, 0.3) is 0 Å². The number of halogens is 1. The summed E-state index contributed by atoms with van der Waals surface area (Å²) in [6.45, 7) is 6.40. The van der Waals surface area contributed by atoms with Gasteiger partial charge in [0.1, 0.15) is 0 Å². The zero-order valence-corrected chi connectivity index (χ0v) is 13.2. The van der Waals surface area contributed by atoms with Gasteiger partial charge in [-0.25, -0.2) is 0 Å². The number of thiocarbonyl (C=S) groups is 1. The van der Waals surface area contributed by atoms with E-state index in [0.29, 0.717) is 5.11 Å². The highest BCUT2D eigenvalue weighted by Crippen LogP contribution is 2.20. The van der Waals surface area contributed by atoms with Gasteiger partial charge in [-0.1, -0.05) is 22.0 Å². The van der Waals surface area contributed by atoms with Crippen LogP contribution in [0.1, 0.15) is 18.9 Å². The van der Waals surface area contributed by atoms with E-state index in [-0.39, 0.29) is 0 Å². The lowest BCUT2D eigenvalue weighted by Gasteiger charge is -2.11. The molecular weight excluding hydrogens is 312 g/mol. The van der Waals surface area contributed by atoms with Crippen LogP contribution in [-0.4, -0.2) is 24.9 Å². The first-order valence-corrected chi connectivity index (χ1v) is 7.22. The molecule has 2 N–H and O–H groups in total.